The van der Waals surface area contributed by atoms with Gasteiger partial charge in [0, 0.05) is 11.5 Å². The third-order valence-corrected chi connectivity index (χ3v) is 4.03. The van der Waals surface area contributed by atoms with Gasteiger partial charge < -0.3 is 5.21 Å². The van der Waals surface area contributed by atoms with Gasteiger partial charge in [0.05, 0.1) is 23.7 Å². The van der Waals surface area contributed by atoms with Crippen LogP contribution in [-0.4, -0.2) is 26.2 Å². The van der Waals surface area contributed by atoms with E-state index in [9.17, 15) is 0 Å². The molecule has 1 aliphatic carbocycles. The number of aromatic nitrogens is 3. The van der Waals surface area contributed by atoms with Crippen LogP contribution >= 0.6 is 0 Å². The van der Waals surface area contributed by atoms with E-state index < -0.39 is 0 Å². The van der Waals surface area contributed by atoms with E-state index >= 15 is 0 Å². The minimum absolute atomic E-state index is 0.0747. The Balaban J connectivity index is 1.99. The zero-order valence-corrected chi connectivity index (χ0v) is 13.2. The Bertz CT molecular complexity index is 924. The molecule has 0 fully saturated rings. The van der Waals surface area contributed by atoms with Crippen LogP contribution < -0.4 is 0 Å². The van der Waals surface area contributed by atoms with Gasteiger partial charge in [0.1, 0.15) is 12.5 Å². The summed E-state index contributed by atoms with van der Waals surface area (Å²) in [6.07, 6.45) is 9.12. The highest BCUT2D eigenvalue weighted by Crippen LogP contribution is 2.32. The fourth-order valence-corrected chi connectivity index (χ4v) is 2.84. The summed E-state index contributed by atoms with van der Waals surface area (Å²) in [6.45, 7) is 0. The fraction of sp³-hybridized carbons (Fsp3) is 0.167. The van der Waals surface area contributed by atoms with Crippen LogP contribution in [0.1, 0.15) is 29.4 Å². The summed E-state index contributed by atoms with van der Waals surface area (Å²) in [7, 11) is 0. The highest BCUT2D eigenvalue weighted by molar-refractivity contribution is 5.73. The number of rotatable bonds is 4. The van der Waals surface area contributed by atoms with E-state index in [-0.39, 0.29) is 12.0 Å². The summed E-state index contributed by atoms with van der Waals surface area (Å²) in [6, 6.07) is 11.4. The van der Waals surface area contributed by atoms with Gasteiger partial charge in [0.25, 0.3) is 0 Å². The maximum absolute atomic E-state index is 9.00. The topological polar surface area (TPSA) is 111 Å². The Kier molecular flexibility index (Phi) is 4.68. The Labute approximate surface area is 144 Å². The molecule has 3 rings (SSSR count). The van der Waals surface area contributed by atoms with Gasteiger partial charge in [-0.25, -0.2) is 9.67 Å². The maximum atomic E-state index is 9.00. The smallest absolute Gasteiger partial charge is 0.195 e. The third-order valence-electron chi connectivity index (χ3n) is 4.03. The molecule has 0 saturated carbocycles. The predicted octanol–water partition coefficient (Wildman–Crippen LogP) is 2.57. The number of hydrogen-bond donors (Lipinski definition) is 1. The van der Waals surface area contributed by atoms with E-state index in [0.717, 1.165) is 11.8 Å². The molecule has 0 bridgehead atoms. The van der Waals surface area contributed by atoms with Crippen LogP contribution in [0.15, 0.2) is 59.5 Å². The van der Waals surface area contributed by atoms with Crippen molar-refractivity contribution in [3.05, 3.63) is 71.3 Å². The van der Waals surface area contributed by atoms with Crippen LogP contribution in [0.4, 0.5) is 0 Å². The van der Waals surface area contributed by atoms with Crippen LogP contribution in [0.2, 0.25) is 0 Å². The van der Waals surface area contributed by atoms with Gasteiger partial charge in [-0.3, -0.25) is 0 Å². The molecule has 1 aromatic heterocycles. The highest BCUT2D eigenvalue weighted by Gasteiger charge is 2.25. The van der Waals surface area contributed by atoms with Crippen LogP contribution in [0, 0.1) is 28.6 Å². The monoisotopic (exact) mass is 330 g/mol. The maximum Gasteiger partial charge on any atom is 0.195 e. The van der Waals surface area contributed by atoms with Crippen LogP contribution in [0.5, 0.6) is 0 Å². The van der Waals surface area contributed by atoms with Crippen molar-refractivity contribution in [2.45, 2.75) is 12.5 Å². The van der Waals surface area contributed by atoms with Crippen molar-refractivity contribution in [2.24, 2.45) is 11.1 Å². The lowest BCUT2D eigenvalue weighted by atomic mass is 9.86. The minimum atomic E-state index is -0.158. The number of oxime groups is 1. The second-order valence-electron chi connectivity index (χ2n) is 5.54. The molecular weight excluding hydrogens is 316 g/mol. The quantitative estimate of drug-likeness (QED) is 0.526. The molecule has 0 radical (unpaired) electrons. The Morgan fingerprint density at radius 3 is 2.68 bits per heavy atom. The second-order valence-corrected chi connectivity index (χ2v) is 5.54. The summed E-state index contributed by atoms with van der Waals surface area (Å²) in [4.78, 5) is 4.11. The zero-order chi connectivity index (χ0) is 17.6. The first kappa shape index (κ1) is 16.2. The number of nitrogens with zero attached hydrogens (tertiary/aromatic N) is 6. The molecule has 122 valence electrons. The van der Waals surface area contributed by atoms with Crippen molar-refractivity contribution in [1.29, 1.82) is 10.5 Å². The average Bonchev–Trinajstić information content (AvgIpc) is 3.11. The molecule has 25 heavy (non-hydrogen) atoms. The second kappa shape index (κ2) is 7.24. The zero-order valence-electron chi connectivity index (χ0n) is 13.2. The first-order valence-corrected chi connectivity index (χ1v) is 7.62. The molecule has 1 aliphatic rings. The molecule has 2 atom stereocenters. The summed E-state index contributed by atoms with van der Waals surface area (Å²) < 4.78 is 1.71. The lowest BCUT2D eigenvalue weighted by molar-refractivity contribution is 0.321. The molecule has 1 heterocycles. The average molecular weight is 330 g/mol. The number of benzene rings is 1. The first-order valence-electron chi connectivity index (χ1n) is 7.62. The Morgan fingerprint density at radius 1 is 1.28 bits per heavy atom. The largest absolute Gasteiger partial charge is 0.411 e. The van der Waals surface area contributed by atoms with E-state index in [1.165, 1.54) is 0 Å². The fourth-order valence-electron chi connectivity index (χ4n) is 2.84. The predicted molar refractivity (Wildman–Crippen MR) is 89.6 cm³/mol. The van der Waals surface area contributed by atoms with Gasteiger partial charge in [0.15, 0.2) is 5.82 Å². The van der Waals surface area contributed by atoms with E-state index in [4.69, 9.17) is 15.7 Å². The molecule has 0 aliphatic heterocycles. The Morgan fingerprint density at radius 2 is 2.08 bits per heavy atom. The minimum Gasteiger partial charge on any atom is -0.411 e. The molecule has 2 unspecified atom stereocenters. The lowest BCUT2D eigenvalue weighted by Crippen LogP contribution is -2.21. The summed E-state index contributed by atoms with van der Waals surface area (Å²) >= 11 is 0. The van der Waals surface area contributed by atoms with Gasteiger partial charge in [-0.05, 0) is 30.2 Å². The molecule has 7 heteroatoms. The normalized spacial score (nSPS) is 17.7. The van der Waals surface area contributed by atoms with E-state index in [1.807, 2.05) is 24.3 Å². The first-order chi connectivity index (χ1) is 12.2. The van der Waals surface area contributed by atoms with E-state index in [1.54, 1.807) is 29.2 Å². The number of hydrogen-bond acceptors (Lipinski definition) is 6. The molecule has 1 N–H and O–H groups in total. The van der Waals surface area contributed by atoms with Gasteiger partial charge in [-0.2, -0.15) is 10.5 Å². The number of nitriles is 2. The lowest BCUT2D eigenvalue weighted by Gasteiger charge is -2.26. The molecule has 0 spiro atoms. The van der Waals surface area contributed by atoms with Crippen molar-refractivity contribution in [1.82, 2.24) is 14.8 Å². The molecule has 2 aromatic rings. The van der Waals surface area contributed by atoms with Crippen LogP contribution in [0.25, 0.3) is 0 Å². The van der Waals surface area contributed by atoms with Gasteiger partial charge in [-0.15, -0.1) is 5.10 Å². The SMILES string of the molecule is N#CC1=CCC(C(c2ccc(C#N)cc2)n2cnc(/C=N/O)n2)C=C1. The van der Waals surface area contributed by atoms with Gasteiger partial charge in [-0.1, -0.05) is 29.4 Å². The molecule has 0 saturated heterocycles. The molecule has 1 aromatic carbocycles. The van der Waals surface area contributed by atoms with E-state index in [0.29, 0.717) is 23.4 Å². The van der Waals surface area contributed by atoms with Crippen LogP contribution in [-0.2, 0) is 0 Å². The Hall–Kier alpha value is -3.71. The summed E-state index contributed by atoms with van der Waals surface area (Å²) in [5.41, 5.74) is 2.20. The van der Waals surface area contributed by atoms with Crippen molar-refractivity contribution in [3.8, 4) is 12.1 Å². The van der Waals surface area contributed by atoms with Crippen molar-refractivity contribution < 1.29 is 5.21 Å². The van der Waals surface area contributed by atoms with E-state index in [2.05, 4.69) is 27.4 Å². The molecule has 0 amide bonds. The number of allylic oxidation sites excluding steroid dienone is 4. The van der Waals surface area contributed by atoms with Crippen molar-refractivity contribution in [2.75, 3.05) is 0 Å². The van der Waals surface area contributed by atoms with Crippen LogP contribution in [0.3, 0.4) is 0 Å². The third kappa shape index (κ3) is 3.46. The van der Waals surface area contributed by atoms with Gasteiger partial charge >= 0.3 is 0 Å². The van der Waals surface area contributed by atoms with Crippen molar-refractivity contribution in [3.63, 3.8) is 0 Å². The summed E-state index contributed by atoms with van der Waals surface area (Å²) in [5.74, 6) is 0.375. The summed E-state index contributed by atoms with van der Waals surface area (Å²) in [5, 5.41) is 33.9. The standard InChI is InChI=1S/C18H14N6O/c19-9-13-1-5-15(6-2-13)18(16-7-3-14(10-20)4-8-16)24-12-21-17(23-24)11-22-25/h1-7,11-12,16,18,25H,8H2/b22-11+. The van der Waals surface area contributed by atoms with Crippen molar-refractivity contribution >= 4 is 6.21 Å². The molecule has 7 nitrogen and oxygen atoms in total. The highest BCUT2D eigenvalue weighted by atomic mass is 16.4. The molecular formula is C18H14N6O. The van der Waals surface area contributed by atoms with Gasteiger partial charge in [0.2, 0.25) is 0 Å².